The summed E-state index contributed by atoms with van der Waals surface area (Å²) >= 11 is 1.42. The van der Waals surface area contributed by atoms with E-state index in [4.69, 9.17) is 14.5 Å². The first-order chi connectivity index (χ1) is 16.8. The van der Waals surface area contributed by atoms with Crippen molar-refractivity contribution in [2.24, 2.45) is 0 Å². The standard InChI is InChI=1S/C25H31N3O5S2/c1-4-5-14-27(2)35(30,31)21-11-8-18(9-12-21)24(29)28(17-20-7-6-15-33-20)25-26-22-13-10-19(32-3)16-23(22)34-25/h8-13,16,20H,4-7,14-15,17H2,1-3H3. The Labute approximate surface area is 210 Å². The molecule has 8 nitrogen and oxygen atoms in total. The molecule has 0 radical (unpaired) electrons. The lowest BCUT2D eigenvalue weighted by Crippen LogP contribution is -2.37. The summed E-state index contributed by atoms with van der Waals surface area (Å²) in [5, 5.41) is 0.574. The number of ether oxygens (including phenoxy) is 2. The Balaban J connectivity index is 1.62. The Morgan fingerprint density at radius 1 is 1.23 bits per heavy atom. The summed E-state index contributed by atoms with van der Waals surface area (Å²) in [6.07, 6.45) is 3.48. The van der Waals surface area contributed by atoms with Crippen LogP contribution in [0.2, 0.25) is 0 Å². The number of benzene rings is 2. The van der Waals surface area contributed by atoms with Crippen molar-refractivity contribution in [3.8, 4) is 5.75 Å². The lowest BCUT2D eigenvalue weighted by atomic mass is 10.2. The third kappa shape index (κ3) is 5.66. The number of amides is 1. The molecule has 1 fully saturated rings. The van der Waals surface area contributed by atoms with Crippen LogP contribution in [0.1, 0.15) is 43.0 Å². The van der Waals surface area contributed by atoms with Crippen LogP contribution in [0, 0.1) is 0 Å². The average molecular weight is 518 g/mol. The first-order valence-electron chi connectivity index (χ1n) is 11.8. The summed E-state index contributed by atoms with van der Waals surface area (Å²) in [7, 11) is -0.411. The van der Waals surface area contributed by atoms with E-state index in [1.54, 1.807) is 31.2 Å². The molecule has 35 heavy (non-hydrogen) atoms. The van der Waals surface area contributed by atoms with Gasteiger partial charge in [-0.25, -0.2) is 17.7 Å². The summed E-state index contributed by atoms with van der Waals surface area (Å²) < 4.78 is 39.1. The highest BCUT2D eigenvalue weighted by molar-refractivity contribution is 7.89. The highest BCUT2D eigenvalue weighted by Gasteiger charge is 2.28. The number of aromatic nitrogens is 1. The van der Waals surface area contributed by atoms with E-state index < -0.39 is 10.0 Å². The number of rotatable bonds is 10. The third-order valence-corrected chi connectivity index (χ3v) is 9.02. The first kappa shape index (κ1) is 25.6. The highest BCUT2D eigenvalue weighted by Crippen LogP contribution is 2.33. The number of fused-ring (bicyclic) bond motifs is 1. The molecule has 0 spiro atoms. The van der Waals surface area contributed by atoms with Gasteiger partial charge in [-0.2, -0.15) is 0 Å². The fourth-order valence-electron chi connectivity index (χ4n) is 3.98. The van der Waals surface area contributed by atoms with Gasteiger partial charge >= 0.3 is 0 Å². The minimum atomic E-state index is -3.60. The molecular formula is C25H31N3O5S2. The van der Waals surface area contributed by atoms with Crippen LogP contribution >= 0.6 is 11.3 Å². The normalized spacial score (nSPS) is 16.2. The molecule has 1 aromatic heterocycles. The Morgan fingerprint density at radius 2 is 2.00 bits per heavy atom. The monoisotopic (exact) mass is 517 g/mol. The highest BCUT2D eigenvalue weighted by atomic mass is 32.2. The SMILES string of the molecule is CCCCN(C)S(=O)(=O)c1ccc(C(=O)N(CC2CCCO2)c2nc3ccc(OC)cc3s2)cc1. The predicted octanol–water partition coefficient (Wildman–Crippen LogP) is 4.55. The van der Waals surface area contributed by atoms with Gasteiger partial charge in [-0.3, -0.25) is 9.69 Å². The van der Waals surface area contributed by atoms with Gasteiger partial charge in [0.2, 0.25) is 10.0 Å². The predicted molar refractivity (Wildman–Crippen MR) is 138 cm³/mol. The van der Waals surface area contributed by atoms with Crippen LogP contribution in [0.25, 0.3) is 10.2 Å². The van der Waals surface area contributed by atoms with Crippen molar-refractivity contribution in [1.82, 2.24) is 9.29 Å². The summed E-state index contributed by atoms with van der Waals surface area (Å²) in [6.45, 7) is 3.54. The molecule has 188 valence electrons. The number of carbonyl (C=O) groups excluding carboxylic acids is 1. The van der Waals surface area contributed by atoms with Crippen molar-refractivity contribution in [3.05, 3.63) is 48.0 Å². The maximum atomic E-state index is 13.6. The van der Waals surface area contributed by atoms with E-state index in [2.05, 4.69) is 0 Å². The largest absolute Gasteiger partial charge is 0.497 e. The molecule has 0 N–H and O–H groups in total. The van der Waals surface area contributed by atoms with Crippen LogP contribution in [0.3, 0.4) is 0 Å². The first-order valence-corrected chi connectivity index (χ1v) is 14.0. The van der Waals surface area contributed by atoms with Crippen molar-refractivity contribution in [2.45, 2.75) is 43.6 Å². The molecule has 1 unspecified atom stereocenters. The quantitative estimate of drug-likeness (QED) is 0.392. The summed E-state index contributed by atoms with van der Waals surface area (Å²) in [5.74, 6) is 0.486. The zero-order chi connectivity index (χ0) is 25.0. The molecular weight excluding hydrogens is 486 g/mol. The molecule has 0 saturated carbocycles. The number of hydrogen-bond acceptors (Lipinski definition) is 7. The molecule has 2 aromatic carbocycles. The maximum absolute atomic E-state index is 13.6. The molecule has 1 aliphatic rings. The van der Waals surface area contributed by atoms with Crippen LogP contribution in [0.15, 0.2) is 47.4 Å². The van der Waals surface area contributed by atoms with Gasteiger partial charge in [0.05, 0.1) is 34.9 Å². The molecule has 0 bridgehead atoms. The molecule has 0 aliphatic carbocycles. The lowest BCUT2D eigenvalue weighted by molar-refractivity contribution is 0.0917. The number of hydrogen-bond donors (Lipinski definition) is 0. The molecule has 1 atom stereocenters. The van der Waals surface area contributed by atoms with Crippen molar-refractivity contribution in [3.63, 3.8) is 0 Å². The summed E-state index contributed by atoms with van der Waals surface area (Å²) in [6, 6.07) is 11.8. The van der Waals surface area contributed by atoms with E-state index in [1.807, 2.05) is 25.1 Å². The second kappa shape index (κ2) is 11.0. The fraction of sp³-hybridized carbons (Fsp3) is 0.440. The summed E-state index contributed by atoms with van der Waals surface area (Å²) in [4.78, 5) is 20.1. The zero-order valence-corrected chi connectivity index (χ0v) is 21.9. The Morgan fingerprint density at radius 3 is 2.66 bits per heavy atom. The fourth-order valence-corrected chi connectivity index (χ4v) is 6.19. The van der Waals surface area contributed by atoms with Crippen LogP contribution in [-0.2, 0) is 14.8 Å². The molecule has 4 rings (SSSR count). The number of anilines is 1. The van der Waals surface area contributed by atoms with Gasteiger partial charge < -0.3 is 9.47 Å². The van der Waals surface area contributed by atoms with Crippen molar-refractivity contribution < 1.29 is 22.7 Å². The van der Waals surface area contributed by atoms with Crippen LogP contribution in [0.5, 0.6) is 5.75 Å². The van der Waals surface area contributed by atoms with Gasteiger partial charge in [-0.05, 0) is 61.7 Å². The second-order valence-electron chi connectivity index (χ2n) is 8.59. The van der Waals surface area contributed by atoms with Gasteiger partial charge in [0.1, 0.15) is 5.75 Å². The molecule has 1 amide bonds. The number of sulfonamides is 1. The smallest absolute Gasteiger partial charge is 0.260 e. The summed E-state index contributed by atoms with van der Waals surface area (Å²) in [5.41, 5.74) is 1.18. The average Bonchev–Trinajstić information content (AvgIpc) is 3.54. The minimum absolute atomic E-state index is 0.0626. The van der Waals surface area contributed by atoms with E-state index in [0.717, 1.165) is 41.6 Å². The van der Waals surface area contributed by atoms with Gasteiger partial charge in [-0.15, -0.1) is 0 Å². The van der Waals surface area contributed by atoms with Crippen molar-refractivity contribution in [2.75, 3.05) is 38.8 Å². The minimum Gasteiger partial charge on any atom is -0.497 e. The number of methoxy groups -OCH3 is 1. The van der Waals surface area contributed by atoms with E-state index in [9.17, 15) is 13.2 Å². The van der Waals surface area contributed by atoms with Gasteiger partial charge in [-0.1, -0.05) is 24.7 Å². The van der Waals surface area contributed by atoms with Gasteiger partial charge in [0, 0.05) is 25.8 Å². The number of thiazole rings is 1. The van der Waals surface area contributed by atoms with Crippen molar-refractivity contribution >= 4 is 42.6 Å². The Bertz CT molecular complexity index is 1270. The molecule has 1 aliphatic heterocycles. The van der Waals surface area contributed by atoms with Gasteiger partial charge in [0.15, 0.2) is 5.13 Å². The van der Waals surface area contributed by atoms with Crippen molar-refractivity contribution in [1.29, 1.82) is 0 Å². The van der Waals surface area contributed by atoms with Crippen LogP contribution in [0.4, 0.5) is 5.13 Å². The number of carbonyl (C=O) groups is 1. The number of unbranched alkanes of at least 4 members (excludes halogenated alkanes) is 1. The van der Waals surface area contributed by atoms with E-state index in [0.29, 0.717) is 30.4 Å². The zero-order valence-electron chi connectivity index (χ0n) is 20.3. The van der Waals surface area contributed by atoms with E-state index in [-0.39, 0.29) is 16.9 Å². The molecule has 10 heteroatoms. The van der Waals surface area contributed by atoms with Crippen LogP contribution < -0.4 is 9.64 Å². The Kier molecular flexibility index (Phi) is 8.05. The lowest BCUT2D eigenvalue weighted by Gasteiger charge is -2.23. The third-order valence-electron chi connectivity index (χ3n) is 6.11. The van der Waals surface area contributed by atoms with E-state index >= 15 is 0 Å². The molecule has 1 saturated heterocycles. The Hall–Kier alpha value is -2.53. The number of nitrogens with zero attached hydrogens (tertiary/aromatic N) is 3. The maximum Gasteiger partial charge on any atom is 0.260 e. The van der Waals surface area contributed by atoms with E-state index in [1.165, 1.54) is 27.8 Å². The van der Waals surface area contributed by atoms with Crippen LogP contribution in [-0.4, -0.2) is 63.6 Å². The molecule has 2 heterocycles. The second-order valence-corrected chi connectivity index (χ2v) is 11.6. The molecule has 3 aromatic rings. The topological polar surface area (TPSA) is 89.0 Å². The van der Waals surface area contributed by atoms with Gasteiger partial charge in [0.25, 0.3) is 5.91 Å².